The highest BCUT2D eigenvalue weighted by molar-refractivity contribution is 6.32. The highest BCUT2D eigenvalue weighted by Gasteiger charge is 2.14. The van der Waals surface area contributed by atoms with E-state index in [9.17, 15) is 4.79 Å². The number of amides is 1. The van der Waals surface area contributed by atoms with Crippen LogP contribution in [0.5, 0.6) is 0 Å². The Bertz CT molecular complexity index is 581. The zero-order valence-corrected chi connectivity index (χ0v) is 11.9. The van der Waals surface area contributed by atoms with Gasteiger partial charge in [0, 0.05) is 18.7 Å². The molecule has 1 aromatic carbocycles. The number of aryl methyl sites for hydroxylation is 1. The van der Waals surface area contributed by atoms with Crippen molar-refractivity contribution in [1.29, 1.82) is 0 Å². The van der Waals surface area contributed by atoms with Crippen molar-refractivity contribution in [1.82, 2.24) is 4.98 Å². The van der Waals surface area contributed by atoms with Crippen LogP contribution < -0.4 is 11.1 Å². The largest absolute Gasteiger partial charge is 0.324 e. The molecule has 0 fully saturated rings. The number of pyridine rings is 1. The summed E-state index contributed by atoms with van der Waals surface area (Å²) in [6.07, 6.45) is 1.79. The topological polar surface area (TPSA) is 68.0 Å². The minimum absolute atomic E-state index is 0.181. The number of nitrogens with one attached hydrogen (secondary N) is 1. The molecule has 0 aliphatic rings. The van der Waals surface area contributed by atoms with Gasteiger partial charge in [0.2, 0.25) is 5.91 Å². The van der Waals surface area contributed by atoms with Crippen molar-refractivity contribution in [3.8, 4) is 0 Å². The molecule has 3 N–H and O–H groups in total. The Morgan fingerprint density at radius 3 is 2.70 bits per heavy atom. The van der Waals surface area contributed by atoms with Gasteiger partial charge in [0.05, 0.1) is 5.69 Å². The van der Waals surface area contributed by atoms with Crippen LogP contribution in [0.25, 0.3) is 0 Å². The lowest BCUT2D eigenvalue weighted by Crippen LogP contribution is -2.21. The molecule has 20 heavy (non-hydrogen) atoms. The van der Waals surface area contributed by atoms with Crippen LogP contribution in [0.3, 0.4) is 0 Å². The summed E-state index contributed by atoms with van der Waals surface area (Å²) in [4.78, 5) is 16.0. The highest BCUT2D eigenvalue weighted by Crippen LogP contribution is 2.23. The Labute approximate surface area is 123 Å². The van der Waals surface area contributed by atoms with Gasteiger partial charge in [-0.15, -0.1) is 0 Å². The third-order valence-corrected chi connectivity index (χ3v) is 3.30. The molecular weight excluding hydrogens is 274 g/mol. The van der Waals surface area contributed by atoms with Crippen molar-refractivity contribution in [2.24, 2.45) is 5.73 Å². The van der Waals surface area contributed by atoms with Crippen LogP contribution in [0, 0.1) is 6.92 Å². The molecule has 1 atom stereocenters. The number of rotatable bonds is 4. The Balaban J connectivity index is 2.03. The number of aromatic nitrogens is 1. The number of nitrogens with zero attached hydrogens (tertiary/aromatic N) is 1. The average molecular weight is 290 g/mol. The Hall–Kier alpha value is -1.91. The second-order valence-electron chi connectivity index (χ2n) is 4.56. The number of anilines is 1. The van der Waals surface area contributed by atoms with Crippen molar-refractivity contribution in [2.45, 2.75) is 19.4 Å². The lowest BCUT2D eigenvalue weighted by Gasteiger charge is -2.13. The van der Waals surface area contributed by atoms with Crippen LogP contribution in [-0.4, -0.2) is 10.9 Å². The molecule has 1 heterocycles. The van der Waals surface area contributed by atoms with Crippen molar-refractivity contribution in [3.63, 3.8) is 0 Å². The molecule has 0 radical (unpaired) electrons. The van der Waals surface area contributed by atoms with Crippen molar-refractivity contribution < 1.29 is 4.79 Å². The molecule has 0 aliphatic heterocycles. The monoisotopic (exact) mass is 289 g/mol. The zero-order chi connectivity index (χ0) is 14.5. The maximum absolute atomic E-state index is 12.0. The van der Waals surface area contributed by atoms with Crippen LogP contribution in [0.15, 0.2) is 42.6 Å². The van der Waals surface area contributed by atoms with E-state index in [1.54, 1.807) is 12.3 Å². The minimum Gasteiger partial charge on any atom is -0.324 e. The third kappa shape index (κ3) is 3.56. The normalized spacial score (nSPS) is 11.9. The maximum atomic E-state index is 12.0. The minimum atomic E-state index is -0.341. The summed E-state index contributed by atoms with van der Waals surface area (Å²) in [5.41, 5.74) is 8.35. The highest BCUT2D eigenvalue weighted by atomic mass is 35.5. The van der Waals surface area contributed by atoms with Crippen LogP contribution in [0.1, 0.15) is 23.6 Å². The Morgan fingerprint density at radius 1 is 1.35 bits per heavy atom. The van der Waals surface area contributed by atoms with Crippen molar-refractivity contribution >= 4 is 23.2 Å². The maximum Gasteiger partial charge on any atom is 0.226 e. The van der Waals surface area contributed by atoms with Gasteiger partial charge in [0.25, 0.3) is 0 Å². The molecule has 0 saturated heterocycles. The number of hydrogen-bond acceptors (Lipinski definition) is 3. The summed E-state index contributed by atoms with van der Waals surface area (Å²) in [7, 11) is 0. The van der Waals surface area contributed by atoms with Crippen LogP contribution in [0.2, 0.25) is 5.15 Å². The SMILES string of the molecule is Cc1ccnc(Cl)c1NC(=O)CC(N)c1ccccc1. The number of carbonyl (C=O) groups is 1. The predicted octanol–water partition coefficient (Wildman–Crippen LogP) is 3.07. The van der Waals surface area contributed by atoms with Gasteiger partial charge >= 0.3 is 0 Å². The summed E-state index contributed by atoms with van der Waals surface area (Å²) >= 11 is 5.97. The molecule has 0 aliphatic carbocycles. The molecule has 4 nitrogen and oxygen atoms in total. The Kier molecular flexibility index (Phi) is 4.71. The zero-order valence-electron chi connectivity index (χ0n) is 11.1. The average Bonchev–Trinajstić information content (AvgIpc) is 2.44. The van der Waals surface area contributed by atoms with E-state index in [0.717, 1.165) is 11.1 Å². The smallest absolute Gasteiger partial charge is 0.226 e. The van der Waals surface area contributed by atoms with Gasteiger partial charge in [-0.3, -0.25) is 4.79 Å². The fourth-order valence-corrected chi connectivity index (χ4v) is 2.14. The Morgan fingerprint density at radius 2 is 2.05 bits per heavy atom. The van der Waals surface area contributed by atoms with Gasteiger partial charge in [-0.2, -0.15) is 0 Å². The standard InChI is InChI=1S/C15H16ClN3O/c1-10-7-8-18-15(16)14(10)19-13(20)9-12(17)11-5-3-2-4-6-11/h2-8,12H,9,17H2,1H3,(H,19,20). The molecule has 0 saturated carbocycles. The van der Waals surface area contributed by atoms with E-state index in [1.165, 1.54) is 0 Å². The second kappa shape index (κ2) is 6.50. The summed E-state index contributed by atoms with van der Waals surface area (Å²) in [6, 6.07) is 11.0. The number of carbonyl (C=O) groups excluding carboxylic acids is 1. The number of nitrogens with two attached hydrogens (primary N) is 1. The summed E-state index contributed by atoms with van der Waals surface area (Å²) in [5.74, 6) is -0.181. The summed E-state index contributed by atoms with van der Waals surface area (Å²) in [5, 5.41) is 3.05. The van der Waals surface area contributed by atoms with Crippen molar-refractivity contribution in [2.75, 3.05) is 5.32 Å². The van der Waals surface area contributed by atoms with E-state index < -0.39 is 0 Å². The van der Waals surface area contributed by atoms with Gasteiger partial charge < -0.3 is 11.1 Å². The summed E-state index contributed by atoms with van der Waals surface area (Å²) in [6.45, 7) is 1.86. The lowest BCUT2D eigenvalue weighted by atomic mass is 10.0. The fraction of sp³-hybridized carbons (Fsp3) is 0.200. The molecular formula is C15H16ClN3O. The molecule has 1 amide bonds. The quantitative estimate of drug-likeness (QED) is 0.850. The van der Waals surface area contributed by atoms with Crippen LogP contribution >= 0.6 is 11.6 Å². The van der Waals surface area contributed by atoms with Gasteiger partial charge in [-0.1, -0.05) is 41.9 Å². The second-order valence-corrected chi connectivity index (χ2v) is 4.92. The number of hydrogen-bond donors (Lipinski definition) is 2. The molecule has 0 spiro atoms. The van der Waals surface area contributed by atoms with Gasteiger partial charge in [-0.05, 0) is 24.1 Å². The van der Waals surface area contributed by atoms with Crippen molar-refractivity contribution in [3.05, 3.63) is 58.9 Å². The van der Waals surface area contributed by atoms with Gasteiger partial charge in [0.15, 0.2) is 5.15 Å². The van der Waals surface area contributed by atoms with Gasteiger partial charge in [-0.25, -0.2) is 4.98 Å². The van der Waals surface area contributed by atoms with E-state index in [0.29, 0.717) is 5.69 Å². The van der Waals surface area contributed by atoms with Crippen LogP contribution in [0.4, 0.5) is 5.69 Å². The molecule has 0 bridgehead atoms. The molecule has 1 aromatic heterocycles. The first kappa shape index (κ1) is 14.5. The number of benzene rings is 1. The summed E-state index contributed by atoms with van der Waals surface area (Å²) < 4.78 is 0. The van der Waals surface area contributed by atoms with E-state index in [2.05, 4.69) is 10.3 Å². The molecule has 104 valence electrons. The fourth-order valence-electron chi connectivity index (χ4n) is 1.88. The van der Waals surface area contributed by atoms with Gasteiger partial charge in [0.1, 0.15) is 0 Å². The van der Waals surface area contributed by atoms with E-state index in [4.69, 9.17) is 17.3 Å². The molecule has 1 unspecified atom stereocenters. The van der Waals surface area contributed by atoms with Crippen LogP contribution in [-0.2, 0) is 4.79 Å². The predicted molar refractivity (Wildman–Crippen MR) is 80.6 cm³/mol. The molecule has 2 rings (SSSR count). The third-order valence-electron chi connectivity index (χ3n) is 3.01. The first-order valence-corrected chi connectivity index (χ1v) is 6.67. The molecule has 5 heteroatoms. The first-order chi connectivity index (χ1) is 9.58. The van der Waals surface area contributed by atoms with E-state index in [1.807, 2.05) is 37.3 Å². The van der Waals surface area contributed by atoms with E-state index >= 15 is 0 Å². The molecule has 2 aromatic rings. The lowest BCUT2D eigenvalue weighted by molar-refractivity contribution is -0.116. The number of halogens is 1. The first-order valence-electron chi connectivity index (χ1n) is 6.29. The van der Waals surface area contributed by atoms with E-state index in [-0.39, 0.29) is 23.5 Å².